The molecule has 2 heterocycles. The topological polar surface area (TPSA) is 119 Å². The summed E-state index contributed by atoms with van der Waals surface area (Å²) >= 11 is 17.9. The number of aromatic nitrogens is 1. The Labute approximate surface area is 210 Å². The van der Waals surface area contributed by atoms with Gasteiger partial charge in [-0.25, -0.2) is 18.9 Å². The van der Waals surface area contributed by atoms with Crippen molar-refractivity contribution in [1.29, 1.82) is 0 Å². The van der Waals surface area contributed by atoms with E-state index in [0.29, 0.717) is 12.3 Å². The van der Waals surface area contributed by atoms with E-state index in [2.05, 4.69) is 20.5 Å². The second kappa shape index (κ2) is 10.3. The fraction of sp³-hybridized carbons (Fsp3) is 0.143. The molecule has 178 valence electrons. The van der Waals surface area contributed by atoms with Gasteiger partial charge in [-0.05, 0) is 42.0 Å². The first-order chi connectivity index (χ1) is 16.2. The van der Waals surface area contributed by atoms with Crippen LogP contribution in [-0.2, 0) is 26.2 Å². The van der Waals surface area contributed by atoms with Gasteiger partial charge in [0.25, 0.3) is 15.9 Å². The summed E-state index contributed by atoms with van der Waals surface area (Å²) in [5.74, 6) is 0.193. The monoisotopic (exact) mass is 542 g/mol. The molecule has 1 amide bonds. The lowest BCUT2D eigenvalue weighted by Crippen LogP contribution is -2.37. The van der Waals surface area contributed by atoms with E-state index >= 15 is 0 Å². The fourth-order valence-electron chi connectivity index (χ4n) is 2.95. The molecule has 0 saturated carbocycles. The lowest BCUT2D eigenvalue weighted by molar-refractivity contribution is -0.125. The summed E-state index contributed by atoms with van der Waals surface area (Å²) in [5.41, 5.74) is 3.22. The molecule has 1 saturated heterocycles. The van der Waals surface area contributed by atoms with E-state index in [1.165, 1.54) is 30.5 Å². The molecule has 1 aliphatic heterocycles. The standard InChI is InChI=1S/C21H17Cl3N4O5S/c22-13-7-18(28-34(30,31)15-5-6-16(23)17(24)8-15)21(26-10-13)33-14-3-1-12(2-4-14)9-25-19-11-32-27-20(19)29/h1-8,10,19,25,28H,9,11H2,(H,27,29)/t19-/m1/s1. The van der Waals surface area contributed by atoms with Crippen molar-refractivity contribution in [2.45, 2.75) is 17.5 Å². The van der Waals surface area contributed by atoms with E-state index in [9.17, 15) is 13.2 Å². The highest BCUT2D eigenvalue weighted by molar-refractivity contribution is 7.92. The third-order valence-corrected chi connectivity index (χ3v) is 7.00. The Morgan fingerprint density at radius 2 is 1.85 bits per heavy atom. The average Bonchev–Trinajstić information content (AvgIpc) is 3.21. The molecule has 0 spiro atoms. The van der Waals surface area contributed by atoms with Crippen molar-refractivity contribution < 1.29 is 22.8 Å². The zero-order valence-corrected chi connectivity index (χ0v) is 20.3. The highest BCUT2D eigenvalue weighted by Crippen LogP contribution is 2.32. The molecule has 1 fully saturated rings. The third-order valence-electron chi connectivity index (χ3n) is 4.69. The Morgan fingerprint density at radius 3 is 2.53 bits per heavy atom. The SMILES string of the molecule is O=C1NOC[C@H]1NCc1ccc(Oc2ncc(Cl)cc2NS(=O)(=O)c2ccc(Cl)c(Cl)c2)cc1. The van der Waals surface area contributed by atoms with Gasteiger partial charge < -0.3 is 4.74 Å². The third kappa shape index (κ3) is 5.90. The van der Waals surface area contributed by atoms with Crippen LogP contribution >= 0.6 is 34.8 Å². The van der Waals surface area contributed by atoms with Crippen molar-refractivity contribution in [3.63, 3.8) is 0 Å². The number of amides is 1. The molecular weight excluding hydrogens is 527 g/mol. The Morgan fingerprint density at radius 1 is 1.09 bits per heavy atom. The molecule has 0 radical (unpaired) electrons. The molecule has 34 heavy (non-hydrogen) atoms. The average molecular weight is 544 g/mol. The van der Waals surface area contributed by atoms with Gasteiger partial charge in [0.1, 0.15) is 17.5 Å². The van der Waals surface area contributed by atoms with Crippen LogP contribution in [-0.4, -0.2) is 32.0 Å². The maximum atomic E-state index is 12.8. The number of ether oxygens (including phenoxy) is 1. The highest BCUT2D eigenvalue weighted by Gasteiger charge is 2.24. The Balaban J connectivity index is 1.48. The number of anilines is 1. The predicted molar refractivity (Wildman–Crippen MR) is 128 cm³/mol. The number of hydrogen-bond acceptors (Lipinski definition) is 7. The molecule has 3 N–H and O–H groups in total. The molecule has 0 bridgehead atoms. The quantitative estimate of drug-likeness (QED) is 0.390. The molecule has 3 aromatic rings. The smallest absolute Gasteiger partial charge is 0.263 e. The second-order valence-electron chi connectivity index (χ2n) is 7.14. The van der Waals surface area contributed by atoms with Crippen LogP contribution in [0.1, 0.15) is 5.56 Å². The van der Waals surface area contributed by atoms with Crippen LogP contribution < -0.4 is 20.3 Å². The Kier molecular flexibility index (Phi) is 7.46. The maximum absolute atomic E-state index is 12.8. The number of halogens is 3. The van der Waals surface area contributed by atoms with E-state index < -0.39 is 16.1 Å². The van der Waals surface area contributed by atoms with Gasteiger partial charge in [-0.1, -0.05) is 46.9 Å². The highest BCUT2D eigenvalue weighted by atomic mass is 35.5. The summed E-state index contributed by atoms with van der Waals surface area (Å²) in [4.78, 5) is 20.4. The van der Waals surface area contributed by atoms with Gasteiger partial charge in [0.05, 0.1) is 26.6 Å². The van der Waals surface area contributed by atoms with E-state index in [0.717, 1.165) is 5.56 Å². The summed E-state index contributed by atoms with van der Waals surface area (Å²) < 4.78 is 33.9. The molecule has 0 unspecified atom stereocenters. The number of hydroxylamine groups is 1. The van der Waals surface area contributed by atoms with Crippen molar-refractivity contribution in [3.8, 4) is 11.6 Å². The largest absolute Gasteiger partial charge is 0.437 e. The zero-order chi connectivity index (χ0) is 24.3. The summed E-state index contributed by atoms with van der Waals surface area (Å²) in [6.07, 6.45) is 1.33. The lowest BCUT2D eigenvalue weighted by atomic mass is 10.2. The van der Waals surface area contributed by atoms with E-state index in [1.807, 2.05) is 0 Å². The minimum atomic E-state index is -4.03. The van der Waals surface area contributed by atoms with Crippen molar-refractivity contribution in [2.75, 3.05) is 11.3 Å². The van der Waals surface area contributed by atoms with Gasteiger partial charge in [-0.15, -0.1) is 0 Å². The van der Waals surface area contributed by atoms with E-state index in [-0.39, 0.29) is 44.0 Å². The molecule has 2 aromatic carbocycles. The number of rotatable bonds is 8. The molecule has 1 aliphatic rings. The van der Waals surface area contributed by atoms with Crippen LogP contribution in [0.5, 0.6) is 11.6 Å². The molecule has 4 rings (SSSR count). The van der Waals surface area contributed by atoms with Crippen LogP contribution in [0.3, 0.4) is 0 Å². The van der Waals surface area contributed by atoms with E-state index in [1.54, 1.807) is 24.3 Å². The molecule has 9 nitrogen and oxygen atoms in total. The fourth-order valence-corrected chi connectivity index (χ4v) is 4.55. The predicted octanol–water partition coefficient (Wildman–Crippen LogP) is 4.15. The summed E-state index contributed by atoms with van der Waals surface area (Å²) in [7, 11) is -4.03. The van der Waals surface area contributed by atoms with Crippen LogP contribution in [0, 0.1) is 0 Å². The normalized spacial score (nSPS) is 15.7. The number of nitrogens with one attached hydrogen (secondary N) is 3. The van der Waals surface area contributed by atoms with Gasteiger partial charge in [0, 0.05) is 12.7 Å². The number of carbonyl (C=O) groups excluding carboxylic acids is 1. The van der Waals surface area contributed by atoms with Gasteiger partial charge >= 0.3 is 0 Å². The number of sulfonamides is 1. The van der Waals surface area contributed by atoms with Crippen molar-refractivity contribution >= 4 is 56.4 Å². The number of nitrogens with zero attached hydrogens (tertiary/aromatic N) is 1. The van der Waals surface area contributed by atoms with Crippen LogP contribution in [0.25, 0.3) is 0 Å². The van der Waals surface area contributed by atoms with Gasteiger partial charge in [-0.3, -0.25) is 19.7 Å². The minimum absolute atomic E-state index is 0.00122. The van der Waals surface area contributed by atoms with Crippen molar-refractivity contribution in [3.05, 3.63) is 75.4 Å². The first-order valence-corrected chi connectivity index (χ1v) is 12.4. The summed E-state index contributed by atoms with van der Waals surface area (Å²) in [5, 5.41) is 3.62. The Hall–Kier alpha value is -2.60. The lowest BCUT2D eigenvalue weighted by Gasteiger charge is -2.14. The number of carbonyl (C=O) groups is 1. The van der Waals surface area contributed by atoms with Crippen LogP contribution in [0.15, 0.2) is 59.6 Å². The van der Waals surface area contributed by atoms with Gasteiger partial charge in [0.15, 0.2) is 0 Å². The van der Waals surface area contributed by atoms with Crippen LogP contribution in [0.2, 0.25) is 15.1 Å². The number of pyridine rings is 1. The van der Waals surface area contributed by atoms with Crippen molar-refractivity contribution in [1.82, 2.24) is 15.8 Å². The number of benzene rings is 2. The Bertz CT molecular complexity index is 1320. The van der Waals surface area contributed by atoms with Crippen molar-refractivity contribution in [2.24, 2.45) is 0 Å². The minimum Gasteiger partial charge on any atom is -0.437 e. The second-order valence-corrected chi connectivity index (χ2v) is 10.1. The zero-order valence-electron chi connectivity index (χ0n) is 17.2. The molecule has 13 heteroatoms. The molecular formula is C21H17Cl3N4O5S. The first kappa shape index (κ1) is 24.5. The first-order valence-electron chi connectivity index (χ1n) is 9.76. The summed E-state index contributed by atoms with van der Waals surface area (Å²) in [6, 6.07) is 11.9. The molecule has 0 aliphatic carbocycles. The molecule has 1 aromatic heterocycles. The van der Waals surface area contributed by atoms with Gasteiger partial charge in [0.2, 0.25) is 5.88 Å². The molecule has 1 atom stereocenters. The van der Waals surface area contributed by atoms with E-state index in [4.69, 9.17) is 44.4 Å². The van der Waals surface area contributed by atoms with Gasteiger partial charge in [-0.2, -0.15) is 0 Å². The van der Waals surface area contributed by atoms with Crippen LogP contribution in [0.4, 0.5) is 5.69 Å². The number of hydrogen-bond donors (Lipinski definition) is 3. The maximum Gasteiger partial charge on any atom is 0.263 e. The summed E-state index contributed by atoms with van der Waals surface area (Å²) in [6.45, 7) is 0.693.